The summed E-state index contributed by atoms with van der Waals surface area (Å²) in [6.07, 6.45) is 5.23. The Kier molecular flexibility index (Phi) is 7.59. The number of carbonyl (C=O) groups is 2. The fourth-order valence-electron chi connectivity index (χ4n) is 4.10. The van der Waals surface area contributed by atoms with Gasteiger partial charge in [0.1, 0.15) is 0 Å². The average molecular weight is 393 g/mol. The Labute approximate surface area is 174 Å². The number of hydrogen-bond donors (Lipinski definition) is 2. The van der Waals surface area contributed by atoms with Crippen molar-refractivity contribution in [2.75, 3.05) is 13.1 Å². The third kappa shape index (κ3) is 6.26. The van der Waals surface area contributed by atoms with E-state index in [0.29, 0.717) is 6.42 Å². The lowest BCUT2D eigenvalue weighted by molar-refractivity contribution is -0.119. The largest absolute Gasteiger partial charge is 0.353 e. The second kappa shape index (κ2) is 10.4. The summed E-state index contributed by atoms with van der Waals surface area (Å²) in [6.45, 7) is 5.62. The Balaban J connectivity index is 1.34. The molecule has 4 nitrogen and oxygen atoms in total. The van der Waals surface area contributed by atoms with Gasteiger partial charge in [-0.15, -0.1) is 0 Å². The molecule has 0 radical (unpaired) electrons. The van der Waals surface area contributed by atoms with Gasteiger partial charge in [0.2, 0.25) is 5.91 Å². The maximum absolute atomic E-state index is 12.5. The number of fused-ring (bicyclic) bond motifs is 1. The third-order valence-corrected chi connectivity index (χ3v) is 5.71. The normalized spacial score (nSPS) is 15.2. The Morgan fingerprint density at radius 3 is 2.59 bits per heavy atom. The van der Waals surface area contributed by atoms with Gasteiger partial charge in [-0.1, -0.05) is 36.4 Å². The molecule has 29 heavy (non-hydrogen) atoms. The van der Waals surface area contributed by atoms with Gasteiger partial charge in [0.05, 0.1) is 0 Å². The summed E-state index contributed by atoms with van der Waals surface area (Å²) in [4.78, 5) is 23.8. The Morgan fingerprint density at radius 1 is 1.00 bits per heavy atom. The topological polar surface area (TPSA) is 58.2 Å². The van der Waals surface area contributed by atoms with Crippen molar-refractivity contribution >= 4 is 11.7 Å². The maximum Gasteiger partial charge on any atom is 0.217 e. The highest BCUT2D eigenvalue weighted by Gasteiger charge is 2.22. The highest BCUT2D eigenvalue weighted by Crippen LogP contribution is 2.24. The second-order valence-electron chi connectivity index (χ2n) is 8.10. The fraction of sp³-hybridized carbons (Fsp3) is 0.440. The number of aryl methyl sites for hydroxylation is 1. The van der Waals surface area contributed by atoms with Gasteiger partial charge in [-0.3, -0.25) is 9.59 Å². The SMILES string of the molecule is CC(=O)NC1Cc2ccc(C(=O)CCCCNCCc3ccccc3C)cc2C1. The van der Waals surface area contributed by atoms with Crippen LogP contribution in [0.4, 0.5) is 0 Å². The summed E-state index contributed by atoms with van der Waals surface area (Å²) in [5.74, 6) is 0.224. The van der Waals surface area contributed by atoms with Crippen LogP contribution in [0.2, 0.25) is 0 Å². The number of amides is 1. The molecule has 2 aromatic carbocycles. The van der Waals surface area contributed by atoms with Crippen molar-refractivity contribution in [2.45, 2.75) is 58.4 Å². The van der Waals surface area contributed by atoms with Gasteiger partial charge < -0.3 is 10.6 Å². The van der Waals surface area contributed by atoms with Crippen LogP contribution >= 0.6 is 0 Å². The Bertz CT molecular complexity index is 860. The van der Waals surface area contributed by atoms with Crippen LogP contribution in [0.15, 0.2) is 42.5 Å². The molecule has 0 aliphatic heterocycles. The van der Waals surface area contributed by atoms with E-state index in [1.54, 1.807) is 6.92 Å². The first-order chi connectivity index (χ1) is 14.0. The van der Waals surface area contributed by atoms with Crippen LogP contribution in [-0.4, -0.2) is 30.8 Å². The van der Waals surface area contributed by atoms with Gasteiger partial charge in [0, 0.05) is 24.9 Å². The van der Waals surface area contributed by atoms with Crippen molar-refractivity contribution in [3.05, 3.63) is 70.3 Å². The van der Waals surface area contributed by atoms with E-state index in [-0.39, 0.29) is 17.7 Å². The quantitative estimate of drug-likeness (QED) is 0.478. The van der Waals surface area contributed by atoms with Gasteiger partial charge in [-0.25, -0.2) is 0 Å². The molecule has 2 N–H and O–H groups in total. The van der Waals surface area contributed by atoms with Crippen LogP contribution in [0.5, 0.6) is 0 Å². The van der Waals surface area contributed by atoms with E-state index in [2.05, 4.69) is 47.9 Å². The molecular weight excluding hydrogens is 360 g/mol. The molecule has 1 aliphatic rings. The highest BCUT2D eigenvalue weighted by atomic mass is 16.1. The molecule has 0 spiro atoms. The minimum absolute atomic E-state index is 0.00613. The summed E-state index contributed by atoms with van der Waals surface area (Å²) < 4.78 is 0. The lowest BCUT2D eigenvalue weighted by Crippen LogP contribution is -2.33. The molecule has 154 valence electrons. The van der Waals surface area contributed by atoms with Crippen molar-refractivity contribution in [3.63, 3.8) is 0 Å². The molecule has 1 amide bonds. The Hall–Kier alpha value is -2.46. The number of benzene rings is 2. The number of rotatable bonds is 10. The summed E-state index contributed by atoms with van der Waals surface area (Å²) >= 11 is 0. The van der Waals surface area contributed by atoms with E-state index in [0.717, 1.165) is 50.8 Å². The summed E-state index contributed by atoms with van der Waals surface area (Å²) in [5.41, 5.74) is 6.00. The summed E-state index contributed by atoms with van der Waals surface area (Å²) in [7, 11) is 0. The first kappa shape index (κ1) is 21.3. The fourth-order valence-corrected chi connectivity index (χ4v) is 4.10. The van der Waals surface area contributed by atoms with Crippen LogP contribution < -0.4 is 10.6 Å². The molecule has 0 fully saturated rings. The van der Waals surface area contributed by atoms with E-state index < -0.39 is 0 Å². The highest BCUT2D eigenvalue weighted by molar-refractivity contribution is 5.96. The molecule has 0 bridgehead atoms. The smallest absolute Gasteiger partial charge is 0.217 e. The zero-order chi connectivity index (χ0) is 20.6. The average Bonchev–Trinajstić information content (AvgIpc) is 3.09. The molecular formula is C25H32N2O2. The van der Waals surface area contributed by atoms with Crippen LogP contribution in [0.3, 0.4) is 0 Å². The number of ketones is 1. The molecule has 1 atom stereocenters. The van der Waals surface area contributed by atoms with Crippen molar-refractivity contribution in [1.82, 2.24) is 10.6 Å². The van der Waals surface area contributed by atoms with Crippen molar-refractivity contribution < 1.29 is 9.59 Å². The number of carbonyl (C=O) groups excluding carboxylic acids is 2. The maximum atomic E-state index is 12.5. The molecule has 0 aromatic heterocycles. The van der Waals surface area contributed by atoms with Gasteiger partial charge in [-0.2, -0.15) is 0 Å². The molecule has 2 aromatic rings. The standard InChI is InChI=1S/C25H32N2O2/c1-18-7-3-4-8-20(18)12-14-26-13-6-5-9-25(29)22-11-10-21-16-24(27-19(2)28)17-23(21)15-22/h3-4,7-8,10-11,15,24,26H,5-6,9,12-14,16-17H2,1-2H3,(H,27,28). The minimum atomic E-state index is 0.00613. The molecule has 1 aliphatic carbocycles. The lowest BCUT2D eigenvalue weighted by Gasteiger charge is -2.08. The number of hydrogen-bond acceptors (Lipinski definition) is 3. The summed E-state index contributed by atoms with van der Waals surface area (Å²) in [6, 6.07) is 14.7. The number of nitrogens with one attached hydrogen (secondary N) is 2. The van der Waals surface area contributed by atoms with Gasteiger partial charge >= 0.3 is 0 Å². The molecule has 0 saturated carbocycles. The van der Waals surface area contributed by atoms with Crippen LogP contribution in [-0.2, 0) is 24.1 Å². The van der Waals surface area contributed by atoms with E-state index >= 15 is 0 Å². The zero-order valence-corrected chi connectivity index (χ0v) is 17.6. The number of unbranched alkanes of at least 4 members (excludes halogenated alkanes) is 1. The van der Waals surface area contributed by atoms with E-state index in [9.17, 15) is 9.59 Å². The van der Waals surface area contributed by atoms with Crippen molar-refractivity contribution in [1.29, 1.82) is 0 Å². The van der Waals surface area contributed by atoms with Crippen LogP contribution in [0.1, 0.15) is 58.8 Å². The van der Waals surface area contributed by atoms with Crippen LogP contribution in [0.25, 0.3) is 0 Å². The van der Waals surface area contributed by atoms with Crippen molar-refractivity contribution in [2.24, 2.45) is 0 Å². The summed E-state index contributed by atoms with van der Waals surface area (Å²) in [5, 5.41) is 6.46. The van der Waals surface area contributed by atoms with Gasteiger partial charge in [0.25, 0.3) is 0 Å². The second-order valence-corrected chi connectivity index (χ2v) is 8.10. The number of Topliss-reactive ketones (excluding diaryl/α,β-unsaturated/α-hetero) is 1. The molecule has 0 saturated heterocycles. The molecule has 4 heteroatoms. The van der Waals surface area contributed by atoms with Gasteiger partial charge in [-0.05, 0) is 80.4 Å². The Morgan fingerprint density at radius 2 is 1.79 bits per heavy atom. The molecule has 3 rings (SSSR count). The minimum Gasteiger partial charge on any atom is -0.353 e. The zero-order valence-electron chi connectivity index (χ0n) is 17.6. The third-order valence-electron chi connectivity index (χ3n) is 5.71. The predicted octanol–water partition coefficient (Wildman–Crippen LogP) is 3.78. The van der Waals surface area contributed by atoms with E-state index in [1.165, 1.54) is 22.3 Å². The van der Waals surface area contributed by atoms with E-state index in [4.69, 9.17) is 0 Å². The van der Waals surface area contributed by atoms with Crippen LogP contribution in [0, 0.1) is 6.92 Å². The molecule has 0 heterocycles. The van der Waals surface area contributed by atoms with Crippen molar-refractivity contribution in [3.8, 4) is 0 Å². The monoisotopic (exact) mass is 392 g/mol. The first-order valence-electron chi connectivity index (χ1n) is 10.7. The molecule has 1 unspecified atom stereocenters. The predicted molar refractivity (Wildman–Crippen MR) is 117 cm³/mol. The van der Waals surface area contributed by atoms with E-state index in [1.807, 2.05) is 12.1 Å². The van der Waals surface area contributed by atoms with Gasteiger partial charge in [0.15, 0.2) is 5.78 Å². The first-order valence-corrected chi connectivity index (χ1v) is 10.7. The lowest BCUT2D eigenvalue weighted by atomic mass is 10.0.